The number of aryl methyl sites for hydroxylation is 1. The maximum Gasteiger partial charge on any atom is 0.255 e. The first-order valence-corrected chi connectivity index (χ1v) is 5.16. The molecule has 0 bridgehead atoms. The van der Waals surface area contributed by atoms with Crippen molar-refractivity contribution in [2.24, 2.45) is 0 Å². The van der Waals surface area contributed by atoms with Crippen molar-refractivity contribution in [2.75, 3.05) is 11.1 Å². The molecule has 0 aliphatic heterocycles. The highest BCUT2D eigenvalue weighted by Crippen LogP contribution is 2.11. The first kappa shape index (κ1) is 11.1. The molecule has 2 rings (SSSR count). The Labute approximate surface area is 97.8 Å². The molecule has 88 valence electrons. The molecule has 0 aliphatic carbocycles. The second-order valence-corrected chi connectivity index (χ2v) is 3.49. The van der Waals surface area contributed by atoms with E-state index < -0.39 is 0 Å². The second-order valence-electron chi connectivity index (χ2n) is 3.49. The van der Waals surface area contributed by atoms with Crippen molar-refractivity contribution in [1.82, 2.24) is 10.1 Å². The lowest BCUT2D eigenvalue weighted by atomic mass is 10.2. The average Bonchev–Trinajstić information content (AvgIpc) is 2.81. The summed E-state index contributed by atoms with van der Waals surface area (Å²) in [6.07, 6.45) is 3.49. The SMILES string of the molecule is CCc1cc(C(=O)Nc2cnoc2)cc(N)n1. The highest BCUT2D eigenvalue weighted by molar-refractivity contribution is 6.04. The van der Waals surface area contributed by atoms with Gasteiger partial charge in [-0.15, -0.1) is 0 Å². The molecule has 0 saturated carbocycles. The van der Waals surface area contributed by atoms with Crippen molar-refractivity contribution in [3.63, 3.8) is 0 Å². The van der Waals surface area contributed by atoms with E-state index in [1.807, 2.05) is 6.92 Å². The predicted octanol–water partition coefficient (Wildman–Crippen LogP) is 1.47. The fraction of sp³-hybridized carbons (Fsp3) is 0.182. The van der Waals surface area contributed by atoms with E-state index in [2.05, 4.69) is 20.0 Å². The largest absolute Gasteiger partial charge is 0.384 e. The maximum atomic E-state index is 11.9. The summed E-state index contributed by atoms with van der Waals surface area (Å²) in [7, 11) is 0. The molecule has 0 radical (unpaired) electrons. The van der Waals surface area contributed by atoms with Crippen molar-refractivity contribution in [3.05, 3.63) is 35.9 Å². The van der Waals surface area contributed by atoms with Crippen LogP contribution in [-0.4, -0.2) is 16.0 Å². The third-order valence-corrected chi connectivity index (χ3v) is 2.21. The summed E-state index contributed by atoms with van der Waals surface area (Å²) < 4.78 is 4.62. The molecule has 3 N–H and O–H groups in total. The van der Waals surface area contributed by atoms with Crippen LogP contribution in [0.5, 0.6) is 0 Å². The lowest BCUT2D eigenvalue weighted by molar-refractivity contribution is 0.102. The Morgan fingerprint density at radius 3 is 3.00 bits per heavy atom. The fourth-order valence-corrected chi connectivity index (χ4v) is 1.39. The van der Waals surface area contributed by atoms with Crippen molar-refractivity contribution in [3.8, 4) is 0 Å². The zero-order valence-electron chi connectivity index (χ0n) is 9.30. The summed E-state index contributed by atoms with van der Waals surface area (Å²) in [4.78, 5) is 16.0. The van der Waals surface area contributed by atoms with Gasteiger partial charge >= 0.3 is 0 Å². The van der Waals surface area contributed by atoms with Crippen LogP contribution >= 0.6 is 0 Å². The summed E-state index contributed by atoms with van der Waals surface area (Å²) in [6.45, 7) is 1.95. The van der Waals surface area contributed by atoms with Crippen molar-refractivity contribution in [1.29, 1.82) is 0 Å². The molecular weight excluding hydrogens is 220 g/mol. The standard InChI is InChI=1S/C11H12N4O2/c1-2-8-3-7(4-10(12)14-8)11(16)15-9-5-13-17-6-9/h3-6H,2H2,1H3,(H2,12,14)(H,15,16). The molecule has 17 heavy (non-hydrogen) atoms. The Balaban J connectivity index is 2.21. The minimum absolute atomic E-state index is 0.267. The van der Waals surface area contributed by atoms with Gasteiger partial charge in [-0.2, -0.15) is 0 Å². The molecule has 1 amide bonds. The number of anilines is 2. The average molecular weight is 232 g/mol. The molecule has 6 nitrogen and oxygen atoms in total. The number of amides is 1. The lowest BCUT2D eigenvalue weighted by Gasteiger charge is -2.05. The summed E-state index contributed by atoms with van der Waals surface area (Å²) in [5.74, 6) is 0.0665. The van der Waals surface area contributed by atoms with Gasteiger partial charge in [-0.3, -0.25) is 4.79 Å². The smallest absolute Gasteiger partial charge is 0.255 e. The monoisotopic (exact) mass is 232 g/mol. The second kappa shape index (κ2) is 4.65. The molecule has 0 atom stereocenters. The van der Waals surface area contributed by atoms with Crippen LogP contribution < -0.4 is 11.1 Å². The molecule has 2 heterocycles. The fourth-order valence-electron chi connectivity index (χ4n) is 1.39. The number of hydrogen-bond acceptors (Lipinski definition) is 5. The Bertz CT molecular complexity index is 522. The van der Waals surface area contributed by atoms with Crippen LogP contribution in [0, 0.1) is 0 Å². The zero-order valence-corrected chi connectivity index (χ0v) is 9.30. The summed E-state index contributed by atoms with van der Waals surface area (Å²) >= 11 is 0. The minimum Gasteiger partial charge on any atom is -0.384 e. The van der Waals surface area contributed by atoms with Gasteiger partial charge in [-0.25, -0.2) is 4.98 Å². The molecule has 2 aromatic rings. The summed E-state index contributed by atoms with van der Waals surface area (Å²) in [5.41, 5.74) is 7.37. The molecule has 0 aromatic carbocycles. The van der Waals surface area contributed by atoms with Crippen LogP contribution in [-0.2, 0) is 6.42 Å². The molecule has 0 fully saturated rings. The van der Waals surface area contributed by atoms with E-state index in [0.29, 0.717) is 17.1 Å². The quantitative estimate of drug-likeness (QED) is 0.835. The topological polar surface area (TPSA) is 94.0 Å². The summed E-state index contributed by atoms with van der Waals surface area (Å²) in [5, 5.41) is 6.13. The first-order chi connectivity index (χ1) is 8.19. The third-order valence-electron chi connectivity index (χ3n) is 2.21. The van der Waals surface area contributed by atoms with Crippen LogP contribution in [0.2, 0.25) is 0 Å². The van der Waals surface area contributed by atoms with Gasteiger partial charge in [0.05, 0.1) is 6.20 Å². The van der Waals surface area contributed by atoms with Crippen molar-refractivity contribution >= 4 is 17.4 Å². The van der Waals surface area contributed by atoms with Crippen LogP contribution in [0.3, 0.4) is 0 Å². The van der Waals surface area contributed by atoms with Gasteiger partial charge < -0.3 is 15.6 Å². The van der Waals surface area contributed by atoms with Gasteiger partial charge in [0.1, 0.15) is 17.8 Å². The number of carbonyl (C=O) groups is 1. The Morgan fingerprint density at radius 1 is 1.53 bits per heavy atom. The molecule has 0 unspecified atom stereocenters. The minimum atomic E-state index is -0.267. The molecular formula is C11H12N4O2. The highest BCUT2D eigenvalue weighted by Gasteiger charge is 2.09. The number of nitrogen functional groups attached to an aromatic ring is 1. The Morgan fingerprint density at radius 2 is 2.35 bits per heavy atom. The van der Waals surface area contributed by atoms with Gasteiger partial charge in [0.25, 0.3) is 5.91 Å². The number of rotatable bonds is 3. The molecule has 6 heteroatoms. The third kappa shape index (κ3) is 2.60. The lowest BCUT2D eigenvalue weighted by Crippen LogP contribution is -2.13. The van der Waals surface area contributed by atoms with E-state index in [1.54, 1.807) is 6.07 Å². The first-order valence-electron chi connectivity index (χ1n) is 5.16. The van der Waals surface area contributed by atoms with Crippen LogP contribution in [0.25, 0.3) is 0 Å². The normalized spacial score (nSPS) is 10.2. The van der Waals surface area contributed by atoms with E-state index in [1.165, 1.54) is 18.5 Å². The zero-order chi connectivity index (χ0) is 12.3. The predicted molar refractivity (Wildman–Crippen MR) is 62.5 cm³/mol. The molecule has 0 saturated heterocycles. The molecule has 0 aliphatic rings. The summed E-state index contributed by atoms with van der Waals surface area (Å²) in [6, 6.07) is 3.24. The van der Waals surface area contributed by atoms with Gasteiger partial charge in [0.15, 0.2) is 0 Å². The number of pyridine rings is 1. The van der Waals surface area contributed by atoms with Gasteiger partial charge in [0.2, 0.25) is 0 Å². The van der Waals surface area contributed by atoms with Crippen LogP contribution in [0.4, 0.5) is 11.5 Å². The van der Waals surface area contributed by atoms with E-state index in [0.717, 1.165) is 12.1 Å². The van der Waals surface area contributed by atoms with Crippen LogP contribution in [0.15, 0.2) is 29.1 Å². The van der Waals surface area contributed by atoms with Gasteiger partial charge in [0, 0.05) is 11.3 Å². The van der Waals surface area contributed by atoms with E-state index >= 15 is 0 Å². The van der Waals surface area contributed by atoms with Crippen molar-refractivity contribution < 1.29 is 9.32 Å². The number of nitrogens with zero attached hydrogens (tertiary/aromatic N) is 2. The maximum absolute atomic E-state index is 11.9. The van der Waals surface area contributed by atoms with E-state index in [4.69, 9.17) is 5.73 Å². The number of aromatic nitrogens is 2. The van der Waals surface area contributed by atoms with Crippen LogP contribution in [0.1, 0.15) is 23.0 Å². The number of nitrogens with one attached hydrogen (secondary N) is 1. The molecule has 0 spiro atoms. The Kier molecular flexibility index (Phi) is 3.04. The highest BCUT2D eigenvalue weighted by atomic mass is 16.5. The van der Waals surface area contributed by atoms with Crippen molar-refractivity contribution in [2.45, 2.75) is 13.3 Å². The van der Waals surface area contributed by atoms with E-state index in [-0.39, 0.29) is 5.91 Å². The number of hydrogen-bond donors (Lipinski definition) is 2. The number of nitrogens with two attached hydrogens (primary N) is 1. The molecule has 2 aromatic heterocycles. The Hall–Kier alpha value is -2.37. The van der Waals surface area contributed by atoms with Gasteiger partial charge in [-0.05, 0) is 18.6 Å². The number of carbonyl (C=O) groups excluding carboxylic acids is 1. The van der Waals surface area contributed by atoms with Gasteiger partial charge in [-0.1, -0.05) is 12.1 Å². The van der Waals surface area contributed by atoms with E-state index in [9.17, 15) is 4.79 Å².